The number of carbonyl (C=O) groups excluding carboxylic acids is 1. The third kappa shape index (κ3) is 4.25. The maximum Gasteiger partial charge on any atom is 0.317 e. The molecule has 2 amide bonds. The maximum absolute atomic E-state index is 12.6. The molecular weight excluding hydrogens is 382 g/mol. The summed E-state index contributed by atoms with van der Waals surface area (Å²) in [5.41, 5.74) is 1.78. The number of hydrogen-bond donors (Lipinski definition) is 1. The lowest BCUT2D eigenvalue weighted by molar-refractivity contribution is 0.187. The van der Waals surface area contributed by atoms with Crippen molar-refractivity contribution in [3.8, 4) is 17.2 Å². The number of likely N-dealkylation sites (tertiary alicyclic amines) is 1. The SMILES string of the molecule is COc1ccc(CNC(=O)N2CCC(Oc3cccc4cccnc34)C2)cc1OC. The highest BCUT2D eigenvalue weighted by Gasteiger charge is 2.28. The minimum absolute atomic E-state index is 0.0514. The minimum atomic E-state index is -0.105. The van der Waals surface area contributed by atoms with Crippen LogP contribution in [0.2, 0.25) is 0 Å². The number of amides is 2. The Balaban J connectivity index is 1.33. The third-order valence-electron chi connectivity index (χ3n) is 5.21. The van der Waals surface area contributed by atoms with Crippen LogP contribution < -0.4 is 19.5 Å². The Kier molecular flexibility index (Phi) is 5.88. The van der Waals surface area contributed by atoms with Gasteiger partial charge in [-0.15, -0.1) is 0 Å². The van der Waals surface area contributed by atoms with Gasteiger partial charge < -0.3 is 24.4 Å². The topological polar surface area (TPSA) is 72.9 Å². The average Bonchev–Trinajstić information content (AvgIpc) is 3.26. The van der Waals surface area contributed by atoms with Gasteiger partial charge in [-0.05, 0) is 29.8 Å². The predicted octanol–water partition coefficient (Wildman–Crippen LogP) is 3.61. The number of hydrogen-bond acceptors (Lipinski definition) is 5. The Labute approximate surface area is 175 Å². The minimum Gasteiger partial charge on any atom is -0.493 e. The van der Waals surface area contributed by atoms with Crippen LogP contribution in [0.4, 0.5) is 4.79 Å². The van der Waals surface area contributed by atoms with Gasteiger partial charge in [0.25, 0.3) is 0 Å². The van der Waals surface area contributed by atoms with E-state index in [4.69, 9.17) is 14.2 Å². The van der Waals surface area contributed by atoms with Crippen LogP contribution in [0.15, 0.2) is 54.7 Å². The molecule has 1 atom stereocenters. The molecule has 0 spiro atoms. The first-order valence-electron chi connectivity index (χ1n) is 9.92. The van der Waals surface area contributed by atoms with Crippen molar-refractivity contribution in [2.45, 2.75) is 19.1 Å². The van der Waals surface area contributed by atoms with Gasteiger partial charge in [0.2, 0.25) is 0 Å². The molecule has 0 saturated carbocycles. The summed E-state index contributed by atoms with van der Waals surface area (Å²) in [6.45, 7) is 1.61. The summed E-state index contributed by atoms with van der Waals surface area (Å²) in [5, 5.41) is 4.01. The van der Waals surface area contributed by atoms with E-state index in [0.717, 1.165) is 28.6 Å². The van der Waals surface area contributed by atoms with Crippen LogP contribution in [0.25, 0.3) is 10.9 Å². The standard InChI is InChI=1S/C23H25N3O4/c1-28-19-9-8-16(13-21(19)29-2)14-25-23(27)26-12-10-18(15-26)30-20-7-3-5-17-6-4-11-24-22(17)20/h3-9,11,13,18H,10,12,14-15H2,1-2H3,(H,25,27). The van der Waals surface area contributed by atoms with E-state index in [1.54, 1.807) is 25.3 Å². The molecule has 1 N–H and O–H groups in total. The quantitative estimate of drug-likeness (QED) is 0.676. The van der Waals surface area contributed by atoms with Gasteiger partial charge in [0, 0.05) is 31.1 Å². The second-order valence-electron chi connectivity index (χ2n) is 7.15. The Morgan fingerprint density at radius 3 is 2.77 bits per heavy atom. The number of para-hydroxylation sites is 1. The molecule has 0 bridgehead atoms. The van der Waals surface area contributed by atoms with Crippen molar-refractivity contribution >= 4 is 16.9 Å². The van der Waals surface area contributed by atoms with E-state index in [1.165, 1.54) is 0 Å². The molecule has 1 unspecified atom stereocenters. The summed E-state index contributed by atoms with van der Waals surface area (Å²) < 4.78 is 16.7. The number of fused-ring (bicyclic) bond motifs is 1. The second kappa shape index (κ2) is 8.90. The van der Waals surface area contributed by atoms with Gasteiger partial charge in [-0.25, -0.2) is 4.79 Å². The molecule has 1 aliphatic heterocycles. The van der Waals surface area contributed by atoms with Crippen LogP contribution in [-0.2, 0) is 6.54 Å². The zero-order valence-electron chi connectivity index (χ0n) is 17.1. The van der Waals surface area contributed by atoms with Gasteiger partial charge in [0.05, 0.1) is 20.8 Å². The Hall–Kier alpha value is -3.48. The fourth-order valence-electron chi connectivity index (χ4n) is 3.64. The van der Waals surface area contributed by atoms with Gasteiger partial charge in [0.15, 0.2) is 11.5 Å². The monoisotopic (exact) mass is 407 g/mol. The Morgan fingerprint density at radius 1 is 1.10 bits per heavy atom. The van der Waals surface area contributed by atoms with Crippen molar-refractivity contribution < 1.29 is 19.0 Å². The molecule has 30 heavy (non-hydrogen) atoms. The molecule has 1 aliphatic rings. The van der Waals surface area contributed by atoms with Crippen LogP contribution in [0.1, 0.15) is 12.0 Å². The van der Waals surface area contributed by atoms with E-state index in [-0.39, 0.29) is 12.1 Å². The number of aromatic nitrogens is 1. The lowest BCUT2D eigenvalue weighted by Gasteiger charge is -2.18. The van der Waals surface area contributed by atoms with Crippen molar-refractivity contribution in [3.63, 3.8) is 0 Å². The first kappa shape index (κ1) is 19.8. The van der Waals surface area contributed by atoms with Crippen molar-refractivity contribution in [2.24, 2.45) is 0 Å². The molecule has 7 heteroatoms. The number of nitrogens with one attached hydrogen (secondary N) is 1. The molecular formula is C23H25N3O4. The van der Waals surface area contributed by atoms with Crippen molar-refractivity contribution in [1.82, 2.24) is 15.2 Å². The molecule has 4 rings (SSSR count). The van der Waals surface area contributed by atoms with Crippen LogP contribution in [0.5, 0.6) is 17.2 Å². The normalized spacial score (nSPS) is 15.8. The molecule has 3 aromatic rings. The zero-order chi connectivity index (χ0) is 20.9. The number of nitrogens with zero attached hydrogens (tertiary/aromatic N) is 2. The van der Waals surface area contributed by atoms with Crippen LogP contribution in [0.3, 0.4) is 0 Å². The van der Waals surface area contributed by atoms with Gasteiger partial charge in [0.1, 0.15) is 17.4 Å². The Morgan fingerprint density at radius 2 is 1.93 bits per heavy atom. The van der Waals surface area contributed by atoms with Crippen molar-refractivity contribution in [1.29, 1.82) is 0 Å². The summed E-state index contributed by atoms with van der Waals surface area (Å²) in [6, 6.07) is 15.3. The first-order valence-corrected chi connectivity index (χ1v) is 9.92. The molecule has 0 aliphatic carbocycles. The lowest BCUT2D eigenvalue weighted by atomic mass is 10.2. The van der Waals surface area contributed by atoms with Gasteiger partial charge in [-0.3, -0.25) is 4.98 Å². The second-order valence-corrected chi connectivity index (χ2v) is 7.15. The summed E-state index contributed by atoms with van der Waals surface area (Å²) in [7, 11) is 3.19. The Bertz CT molecular complexity index is 1030. The average molecular weight is 407 g/mol. The highest BCUT2D eigenvalue weighted by molar-refractivity contribution is 5.84. The number of benzene rings is 2. The number of rotatable bonds is 6. The summed E-state index contributed by atoms with van der Waals surface area (Å²) >= 11 is 0. The lowest BCUT2D eigenvalue weighted by Crippen LogP contribution is -2.39. The van der Waals surface area contributed by atoms with Crippen LogP contribution >= 0.6 is 0 Å². The number of carbonyl (C=O) groups is 1. The van der Waals surface area contributed by atoms with Crippen LogP contribution in [0, 0.1) is 0 Å². The van der Waals surface area contributed by atoms with E-state index < -0.39 is 0 Å². The number of ether oxygens (including phenoxy) is 3. The zero-order valence-corrected chi connectivity index (χ0v) is 17.1. The fourth-order valence-corrected chi connectivity index (χ4v) is 3.64. The number of urea groups is 1. The number of pyridine rings is 1. The highest BCUT2D eigenvalue weighted by Crippen LogP contribution is 2.28. The van der Waals surface area contributed by atoms with Crippen molar-refractivity contribution in [2.75, 3.05) is 27.3 Å². The molecule has 1 aromatic heterocycles. The predicted molar refractivity (Wildman–Crippen MR) is 114 cm³/mol. The maximum atomic E-state index is 12.6. The molecule has 1 fully saturated rings. The number of methoxy groups -OCH3 is 2. The fraction of sp³-hybridized carbons (Fsp3) is 0.304. The van der Waals surface area contributed by atoms with E-state index in [1.807, 2.05) is 48.5 Å². The molecule has 2 heterocycles. The van der Waals surface area contributed by atoms with E-state index in [2.05, 4.69) is 10.3 Å². The highest BCUT2D eigenvalue weighted by atomic mass is 16.5. The molecule has 2 aromatic carbocycles. The summed E-state index contributed by atoms with van der Waals surface area (Å²) in [6.07, 6.45) is 2.49. The third-order valence-corrected chi connectivity index (χ3v) is 5.21. The van der Waals surface area contributed by atoms with Gasteiger partial charge in [-0.2, -0.15) is 0 Å². The summed E-state index contributed by atoms with van der Waals surface area (Å²) in [5.74, 6) is 2.06. The smallest absolute Gasteiger partial charge is 0.317 e. The van der Waals surface area contributed by atoms with Crippen molar-refractivity contribution in [3.05, 3.63) is 60.3 Å². The van der Waals surface area contributed by atoms with E-state index in [0.29, 0.717) is 31.1 Å². The molecule has 7 nitrogen and oxygen atoms in total. The first-order chi connectivity index (χ1) is 14.7. The van der Waals surface area contributed by atoms with Crippen LogP contribution in [-0.4, -0.2) is 49.3 Å². The summed E-state index contributed by atoms with van der Waals surface area (Å²) in [4.78, 5) is 18.8. The largest absolute Gasteiger partial charge is 0.493 e. The molecule has 156 valence electrons. The van der Waals surface area contributed by atoms with E-state index in [9.17, 15) is 4.79 Å². The van der Waals surface area contributed by atoms with Gasteiger partial charge in [-0.1, -0.05) is 24.3 Å². The molecule has 0 radical (unpaired) electrons. The van der Waals surface area contributed by atoms with E-state index >= 15 is 0 Å². The molecule has 1 saturated heterocycles. The van der Waals surface area contributed by atoms with Gasteiger partial charge >= 0.3 is 6.03 Å².